The first kappa shape index (κ1) is 25.4. The highest BCUT2D eigenvalue weighted by Gasteiger charge is 2.34. The molecule has 0 aromatic carbocycles. The smallest absolute Gasteiger partial charge is 0.368 e. The van der Waals surface area contributed by atoms with E-state index in [4.69, 9.17) is 0 Å². The minimum atomic E-state index is -4.44. The lowest BCUT2D eigenvalue weighted by molar-refractivity contribution is -0.137. The molecule has 2 aromatic heterocycles. The summed E-state index contributed by atoms with van der Waals surface area (Å²) in [5, 5.41) is 6.88. The van der Waals surface area contributed by atoms with E-state index in [2.05, 4.69) is 39.8 Å². The standard InChI is InChI=1S/C18H25F3N8S.HI/c1-3-14-26-17(30-27-14)29-11-9-28(10-12-29)16(22-2)25-8-7-24-15-13(18(19,20)21)5-4-6-23-15;/h4-6H,3,7-12H2,1-2H3,(H,22,25)(H,23,24);1H. The largest absolute Gasteiger partial charge is 0.419 e. The number of pyridine rings is 1. The third-order valence-corrected chi connectivity index (χ3v) is 5.46. The van der Waals surface area contributed by atoms with Crippen molar-refractivity contribution in [1.82, 2.24) is 24.6 Å². The molecule has 0 aliphatic carbocycles. The van der Waals surface area contributed by atoms with Crippen molar-refractivity contribution < 1.29 is 13.2 Å². The number of nitrogens with one attached hydrogen (secondary N) is 2. The van der Waals surface area contributed by atoms with Crippen LogP contribution < -0.4 is 15.5 Å². The zero-order chi connectivity index (χ0) is 21.6. The molecule has 1 fully saturated rings. The molecule has 1 aliphatic heterocycles. The van der Waals surface area contributed by atoms with E-state index >= 15 is 0 Å². The van der Waals surface area contributed by atoms with Crippen LogP contribution in [0.2, 0.25) is 0 Å². The molecule has 0 bridgehead atoms. The summed E-state index contributed by atoms with van der Waals surface area (Å²) in [5.74, 6) is 1.42. The van der Waals surface area contributed by atoms with Crippen molar-refractivity contribution in [2.75, 3.05) is 56.5 Å². The van der Waals surface area contributed by atoms with Crippen molar-refractivity contribution in [1.29, 1.82) is 0 Å². The van der Waals surface area contributed by atoms with Crippen LogP contribution in [0.25, 0.3) is 0 Å². The van der Waals surface area contributed by atoms with Crippen molar-refractivity contribution >= 4 is 52.4 Å². The van der Waals surface area contributed by atoms with Crippen LogP contribution in [-0.2, 0) is 12.6 Å². The molecule has 31 heavy (non-hydrogen) atoms. The maximum absolute atomic E-state index is 13.0. The second-order valence-corrected chi connectivity index (χ2v) is 7.35. The van der Waals surface area contributed by atoms with Gasteiger partial charge in [0.15, 0.2) is 5.96 Å². The number of aliphatic imine (C=N–C) groups is 1. The van der Waals surface area contributed by atoms with Gasteiger partial charge in [0.05, 0.1) is 5.56 Å². The first-order valence-electron chi connectivity index (χ1n) is 9.71. The van der Waals surface area contributed by atoms with Gasteiger partial charge in [0.25, 0.3) is 0 Å². The molecule has 8 nitrogen and oxygen atoms in total. The second-order valence-electron chi connectivity index (χ2n) is 6.62. The van der Waals surface area contributed by atoms with Gasteiger partial charge in [-0.05, 0) is 12.1 Å². The van der Waals surface area contributed by atoms with Gasteiger partial charge in [-0.3, -0.25) is 4.99 Å². The van der Waals surface area contributed by atoms with Crippen LogP contribution in [-0.4, -0.2) is 71.5 Å². The number of hydrogen-bond acceptors (Lipinski definition) is 7. The first-order valence-corrected chi connectivity index (χ1v) is 10.5. The van der Waals surface area contributed by atoms with Gasteiger partial charge >= 0.3 is 6.18 Å². The van der Waals surface area contributed by atoms with E-state index in [0.29, 0.717) is 6.54 Å². The maximum atomic E-state index is 13.0. The number of rotatable bonds is 6. The van der Waals surface area contributed by atoms with E-state index in [1.54, 1.807) is 7.05 Å². The Morgan fingerprint density at radius 2 is 1.97 bits per heavy atom. The molecule has 0 unspecified atom stereocenters. The molecule has 0 saturated carbocycles. The summed E-state index contributed by atoms with van der Waals surface area (Å²) in [7, 11) is 1.70. The van der Waals surface area contributed by atoms with Crippen LogP contribution in [0.4, 0.5) is 24.1 Å². The Kier molecular flexibility index (Phi) is 9.53. The number of halogens is 4. The highest BCUT2D eigenvalue weighted by atomic mass is 127. The zero-order valence-electron chi connectivity index (χ0n) is 17.3. The average molecular weight is 570 g/mol. The Hall–Kier alpha value is -1.90. The minimum absolute atomic E-state index is 0. The molecule has 13 heteroatoms. The molecular weight excluding hydrogens is 544 g/mol. The van der Waals surface area contributed by atoms with E-state index in [1.165, 1.54) is 23.8 Å². The molecule has 172 valence electrons. The second kappa shape index (κ2) is 11.6. The normalized spacial score (nSPS) is 14.9. The quantitative estimate of drug-likeness (QED) is 0.239. The number of nitrogens with zero attached hydrogens (tertiary/aromatic N) is 6. The maximum Gasteiger partial charge on any atom is 0.419 e. The monoisotopic (exact) mass is 570 g/mol. The summed E-state index contributed by atoms with van der Waals surface area (Å²) in [6, 6.07) is 2.29. The molecule has 0 spiro atoms. The van der Waals surface area contributed by atoms with Gasteiger partial charge in [-0.25, -0.2) is 9.97 Å². The lowest BCUT2D eigenvalue weighted by Gasteiger charge is -2.36. The Bertz CT molecular complexity index is 852. The van der Waals surface area contributed by atoms with Crippen LogP contribution in [0.3, 0.4) is 0 Å². The van der Waals surface area contributed by atoms with Gasteiger partial charge in [0.1, 0.15) is 11.6 Å². The first-order chi connectivity index (χ1) is 14.4. The van der Waals surface area contributed by atoms with Gasteiger partial charge in [0, 0.05) is 70.5 Å². The lowest BCUT2D eigenvalue weighted by Crippen LogP contribution is -2.53. The van der Waals surface area contributed by atoms with Gasteiger partial charge in [-0.1, -0.05) is 6.92 Å². The van der Waals surface area contributed by atoms with Crippen molar-refractivity contribution in [2.24, 2.45) is 4.99 Å². The number of anilines is 2. The van der Waals surface area contributed by atoms with Gasteiger partial charge in [0.2, 0.25) is 5.13 Å². The highest BCUT2D eigenvalue weighted by molar-refractivity contribution is 14.0. The fourth-order valence-electron chi connectivity index (χ4n) is 3.09. The van der Waals surface area contributed by atoms with E-state index in [1.807, 2.05) is 6.92 Å². The van der Waals surface area contributed by atoms with Crippen LogP contribution in [0, 0.1) is 0 Å². The van der Waals surface area contributed by atoms with E-state index in [0.717, 1.165) is 55.6 Å². The van der Waals surface area contributed by atoms with Crippen molar-refractivity contribution in [3.8, 4) is 0 Å². The molecule has 2 aromatic rings. The third kappa shape index (κ3) is 6.79. The van der Waals surface area contributed by atoms with Crippen LogP contribution in [0.1, 0.15) is 18.3 Å². The molecule has 1 aliphatic rings. The summed E-state index contributed by atoms with van der Waals surface area (Å²) in [4.78, 5) is 17.0. The topological polar surface area (TPSA) is 81.6 Å². The van der Waals surface area contributed by atoms with Gasteiger partial charge in [-0.15, -0.1) is 24.0 Å². The van der Waals surface area contributed by atoms with Crippen molar-refractivity contribution in [3.05, 3.63) is 29.7 Å². The fourth-order valence-corrected chi connectivity index (χ4v) is 3.89. The predicted octanol–water partition coefficient (Wildman–Crippen LogP) is 2.94. The summed E-state index contributed by atoms with van der Waals surface area (Å²) >= 11 is 1.42. The molecule has 3 heterocycles. The summed E-state index contributed by atoms with van der Waals surface area (Å²) in [6.45, 7) is 5.88. The minimum Gasteiger partial charge on any atom is -0.368 e. The van der Waals surface area contributed by atoms with Crippen LogP contribution in [0.15, 0.2) is 23.3 Å². The molecule has 2 N–H and O–H groups in total. The van der Waals surface area contributed by atoms with Gasteiger partial charge < -0.3 is 20.4 Å². The average Bonchev–Trinajstić information content (AvgIpc) is 3.23. The summed E-state index contributed by atoms with van der Waals surface area (Å²) in [5.41, 5.74) is -0.770. The lowest BCUT2D eigenvalue weighted by atomic mass is 10.2. The SMILES string of the molecule is CCc1nsc(N2CCN(C(=NC)NCCNc3ncccc3C(F)(F)F)CC2)n1.I. The molecule has 0 atom stereocenters. The molecule has 0 amide bonds. The van der Waals surface area contributed by atoms with Crippen molar-refractivity contribution in [3.63, 3.8) is 0 Å². The summed E-state index contributed by atoms with van der Waals surface area (Å²) < 4.78 is 43.4. The highest BCUT2D eigenvalue weighted by Crippen LogP contribution is 2.33. The number of hydrogen-bond donors (Lipinski definition) is 2. The van der Waals surface area contributed by atoms with Crippen LogP contribution in [0.5, 0.6) is 0 Å². The fraction of sp³-hybridized carbons (Fsp3) is 0.556. The predicted molar refractivity (Wildman–Crippen MR) is 128 cm³/mol. The Labute approximate surface area is 200 Å². The number of guanidine groups is 1. The zero-order valence-corrected chi connectivity index (χ0v) is 20.5. The summed E-state index contributed by atoms with van der Waals surface area (Å²) in [6.07, 6.45) is -2.28. The number of alkyl halides is 3. The molecule has 3 rings (SSSR count). The van der Waals surface area contributed by atoms with E-state index in [-0.39, 0.29) is 36.3 Å². The number of aryl methyl sites for hydroxylation is 1. The Morgan fingerprint density at radius 1 is 1.23 bits per heavy atom. The molecular formula is C18H26F3IN8S. The van der Waals surface area contributed by atoms with Crippen LogP contribution >= 0.6 is 35.5 Å². The van der Waals surface area contributed by atoms with Crippen molar-refractivity contribution in [2.45, 2.75) is 19.5 Å². The Balaban J connectivity index is 0.00000341. The van der Waals surface area contributed by atoms with E-state index in [9.17, 15) is 13.2 Å². The number of aromatic nitrogens is 3. The van der Waals surface area contributed by atoms with Gasteiger partial charge in [-0.2, -0.15) is 17.5 Å². The van der Waals surface area contributed by atoms with E-state index < -0.39 is 11.7 Å². The third-order valence-electron chi connectivity index (χ3n) is 4.65. The number of piperazine rings is 1. The Morgan fingerprint density at radius 3 is 2.58 bits per heavy atom. The molecule has 0 radical (unpaired) electrons. The molecule has 1 saturated heterocycles.